The van der Waals surface area contributed by atoms with Crippen molar-refractivity contribution in [1.29, 1.82) is 0 Å². The van der Waals surface area contributed by atoms with E-state index in [-0.39, 0.29) is 25.0 Å². The van der Waals surface area contributed by atoms with Crippen molar-refractivity contribution in [2.75, 3.05) is 25.0 Å². The number of hydrogen-bond acceptors (Lipinski definition) is 4. The predicted molar refractivity (Wildman–Crippen MR) is 80.6 cm³/mol. The van der Waals surface area contributed by atoms with Gasteiger partial charge in [0, 0.05) is 48.2 Å². The minimum Gasteiger partial charge on any atom is -0.309 e. The molecule has 0 aromatic rings. The van der Waals surface area contributed by atoms with Crippen LogP contribution in [-0.2, 0) is 18.2 Å². The topological polar surface area (TPSA) is 52.6 Å². The van der Waals surface area contributed by atoms with Gasteiger partial charge in [0.15, 0.2) is 0 Å². The second kappa shape index (κ2) is 8.07. The highest BCUT2D eigenvalue weighted by Crippen LogP contribution is 2.62. The van der Waals surface area contributed by atoms with Crippen LogP contribution in [0.15, 0.2) is 0 Å². The van der Waals surface area contributed by atoms with Crippen LogP contribution in [0.1, 0.15) is 0 Å². The van der Waals surface area contributed by atoms with Crippen molar-refractivity contribution < 1.29 is 18.2 Å². The van der Waals surface area contributed by atoms with Gasteiger partial charge in [0.1, 0.15) is 0 Å². The molecule has 104 valence electrons. The van der Waals surface area contributed by atoms with E-state index in [1.807, 2.05) is 0 Å². The van der Waals surface area contributed by atoms with Crippen molar-refractivity contribution >= 4 is 87.5 Å². The lowest BCUT2D eigenvalue weighted by atomic mass is 9.96. The monoisotopic (exact) mass is 492 g/mol. The van der Waals surface area contributed by atoms with Gasteiger partial charge in [-0.1, -0.05) is 0 Å². The van der Waals surface area contributed by atoms with Gasteiger partial charge in [0.05, 0.1) is 13.2 Å². The first kappa shape index (κ1) is 19.5. The van der Waals surface area contributed by atoms with Gasteiger partial charge in [0.2, 0.25) is 0 Å². The summed E-state index contributed by atoms with van der Waals surface area (Å²) in [5, 5.41) is 0. The smallest absolute Gasteiger partial charge is 0.309 e. The molecular weight excluding hydrogens is 488 g/mol. The summed E-state index contributed by atoms with van der Waals surface area (Å²) < 4.78 is 32.0. The number of halogens is 6. The molecule has 0 N–H and O–H groups in total. The molecule has 2 unspecified atom stereocenters. The maximum Gasteiger partial charge on any atom is 0.353 e. The van der Waals surface area contributed by atoms with E-state index in [2.05, 4.69) is 31.0 Å². The highest BCUT2D eigenvalue weighted by Gasteiger charge is 2.34. The normalized spacial score (nSPS) is 19.6. The van der Waals surface area contributed by atoms with E-state index in [0.29, 0.717) is 0 Å². The molecule has 0 heterocycles. The minimum atomic E-state index is -3.35. The fourth-order valence-electron chi connectivity index (χ4n) is 0.656. The summed E-state index contributed by atoms with van der Waals surface area (Å²) in [6, 6.07) is 0. The standard InChI is InChI=1S/C5H8Br2Cl4O4P2/c6-16(10,12)14-3-5(1-8,2-9)4-15-17(7,11)13/h1-4H2. The van der Waals surface area contributed by atoms with Gasteiger partial charge in [-0.05, 0) is 22.5 Å². The largest absolute Gasteiger partial charge is 0.353 e. The molecule has 0 aliphatic rings. The summed E-state index contributed by atoms with van der Waals surface area (Å²) in [4.78, 5) is 0. The molecule has 0 saturated carbocycles. The van der Waals surface area contributed by atoms with Crippen molar-refractivity contribution in [3.05, 3.63) is 0 Å². The fraction of sp³-hybridized carbons (Fsp3) is 1.00. The molecule has 0 aromatic heterocycles. The van der Waals surface area contributed by atoms with Crippen LogP contribution in [0.5, 0.6) is 0 Å². The Hall–Kier alpha value is 2.50. The molecule has 12 heteroatoms. The van der Waals surface area contributed by atoms with Crippen LogP contribution in [0, 0.1) is 5.41 Å². The molecule has 0 spiro atoms. The average Bonchev–Trinajstić information content (AvgIpc) is 2.16. The van der Waals surface area contributed by atoms with Crippen LogP contribution in [0.2, 0.25) is 0 Å². The van der Waals surface area contributed by atoms with Crippen molar-refractivity contribution in [2.24, 2.45) is 5.41 Å². The molecule has 0 amide bonds. The maximum atomic E-state index is 11.1. The average molecular weight is 496 g/mol. The second-order valence-corrected chi connectivity index (χ2v) is 16.6. The van der Waals surface area contributed by atoms with Gasteiger partial charge in [0.25, 0.3) is 0 Å². The third-order valence-corrected chi connectivity index (χ3v) is 5.42. The third-order valence-electron chi connectivity index (χ3n) is 1.61. The molecular formula is C5H8Br2Cl4O4P2. The zero-order chi connectivity index (χ0) is 13.7. The highest BCUT2D eigenvalue weighted by molar-refractivity contribution is 9.42. The van der Waals surface area contributed by atoms with E-state index >= 15 is 0 Å². The van der Waals surface area contributed by atoms with E-state index in [1.54, 1.807) is 0 Å². The van der Waals surface area contributed by atoms with Crippen LogP contribution < -0.4 is 0 Å². The van der Waals surface area contributed by atoms with E-state index in [9.17, 15) is 9.13 Å². The van der Waals surface area contributed by atoms with Crippen molar-refractivity contribution in [3.8, 4) is 0 Å². The zero-order valence-electron chi connectivity index (χ0n) is 8.12. The highest BCUT2D eigenvalue weighted by atomic mass is 79.9. The number of alkyl halides is 2. The molecule has 2 atom stereocenters. The van der Waals surface area contributed by atoms with Gasteiger partial charge >= 0.3 is 10.8 Å². The van der Waals surface area contributed by atoms with Gasteiger partial charge in [-0.2, -0.15) is 0 Å². The van der Waals surface area contributed by atoms with Crippen molar-refractivity contribution in [2.45, 2.75) is 0 Å². The minimum absolute atomic E-state index is 0.0320. The van der Waals surface area contributed by atoms with Crippen LogP contribution in [0.4, 0.5) is 0 Å². The summed E-state index contributed by atoms with van der Waals surface area (Å²) in [7, 11) is 0. The third kappa shape index (κ3) is 9.95. The van der Waals surface area contributed by atoms with Crippen LogP contribution in [0.3, 0.4) is 0 Å². The first-order chi connectivity index (χ1) is 7.54. The predicted octanol–water partition coefficient (Wildman–Crippen LogP) is 5.97. The lowest BCUT2D eigenvalue weighted by Gasteiger charge is -2.28. The summed E-state index contributed by atoms with van der Waals surface area (Å²) in [5.74, 6) is 0.0640. The van der Waals surface area contributed by atoms with Gasteiger partial charge < -0.3 is 9.05 Å². The van der Waals surface area contributed by atoms with Crippen molar-refractivity contribution in [3.63, 3.8) is 0 Å². The Morgan fingerprint density at radius 2 is 1.24 bits per heavy atom. The Bertz CT molecular complexity index is 300. The molecule has 0 aromatic carbocycles. The molecule has 0 fully saturated rings. The summed E-state index contributed by atoms with van der Waals surface area (Å²) in [6.45, 7) is -0.258. The first-order valence-electron chi connectivity index (χ1n) is 3.93. The molecule has 0 radical (unpaired) electrons. The molecule has 0 aliphatic carbocycles. The van der Waals surface area contributed by atoms with Crippen LogP contribution >= 0.6 is 87.5 Å². The Morgan fingerprint density at radius 1 is 0.941 bits per heavy atom. The Morgan fingerprint density at radius 3 is 1.41 bits per heavy atom. The summed E-state index contributed by atoms with van der Waals surface area (Å²) in [6.07, 6.45) is 0. The van der Waals surface area contributed by atoms with Crippen LogP contribution in [0.25, 0.3) is 0 Å². The Labute approximate surface area is 135 Å². The maximum absolute atomic E-state index is 11.1. The molecule has 0 bridgehead atoms. The number of rotatable bonds is 8. The Balaban J connectivity index is 4.56. The van der Waals surface area contributed by atoms with Gasteiger partial charge in [-0.15, -0.1) is 23.2 Å². The first-order valence-corrected chi connectivity index (χ1v) is 14.1. The Kier molecular flexibility index (Phi) is 9.25. The van der Waals surface area contributed by atoms with Gasteiger partial charge in [-0.3, -0.25) is 9.13 Å². The molecule has 17 heavy (non-hydrogen) atoms. The molecule has 4 nitrogen and oxygen atoms in total. The summed E-state index contributed by atoms with van der Waals surface area (Å²) >= 11 is 27.6. The molecule has 0 rings (SSSR count). The van der Waals surface area contributed by atoms with E-state index in [4.69, 9.17) is 54.7 Å². The lowest BCUT2D eigenvalue weighted by molar-refractivity contribution is 0.128. The van der Waals surface area contributed by atoms with E-state index < -0.39 is 16.3 Å². The van der Waals surface area contributed by atoms with Crippen molar-refractivity contribution in [1.82, 2.24) is 0 Å². The fourth-order valence-corrected chi connectivity index (χ4v) is 3.01. The molecule has 0 saturated heterocycles. The SMILES string of the molecule is O=P(Cl)(Br)OCC(CCl)(CCl)COP(=O)(Cl)Br. The van der Waals surface area contributed by atoms with Crippen LogP contribution in [-0.4, -0.2) is 25.0 Å². The zero-order valence-corrected chi connectivity index (χ0v) is 16.1. The molecule has 0 aliphatic heterocycles. The lowest BCUT2D eigenvalue weighted by Crippen LogP contribution is -2.35. The quantitative estimate of drug-likeness (QED) is 0.308. The van der Waals surface area contributed by atoms with Gasteiger partial charge in [-0.25, -0.2) is 0 Å². The van der Waals surface area contributed by atoms with E-state index in [1.165, 1.54) is 0 Å². The van der Waals surface area contributed by atoms with E-state index in [0.717, 1.165) is 0 Å². The summed E-state index contributed by atoms with van der Waals surface area (Å²) in [5.41, 5.74) is -7.60. The second-order valence-electron chi connectivity index (χ2n) is 3.14. The number of hydrogen-bond donors (Lipinski definition) is 0.